The fourth-order valence-corrected chi connectivity index (χ4v) is 3.79. The maximum Gasteiger partial charge on any atom is 0.331 e. The van der Waals surface area contributed by atoms with Gasteiger partial charge in [-0.05, 0) is 35.1 Å². The molecular weight excluding hydrogens is 356 g/mol. The first kappa shape index (κ1) is 20.7. The molecule has 0 aliphatic carbocycles. The Bertz CT molecular complexity index is 988. The molecule has 2 aromatic rings. The minimum Gasteiger partial charge on any atom is -0.480 e. The number of nitrogens with zero attached hydrogens (tertiary/aromatic N) is 2. The molecule has 6 heteroatoms. The van der Waals surface area contributed by atoms with Crippen LogP contribution >= 0.6 is 0 Å². The van der Waals surface area contributed by atoms with E-state index in [1.807, 2.05) is 13.0 Å². The number of carboxylic acid groups (broad SMARTS) is 2. The lowest BCUT2D eigenvalue weighted by Crippen LogP contribution is -2.58. The zero-order valence-corrected chi connectivity index (χ0v) is 15.6. The van der Waals surface area contributed by atoms with Crippen molar-refractivity contribution in [2.45, 2.75) is 37.5 Å². The van der Waals surface area contributed by atoms with Crippen molar-refractivity contribution in [2.75, 3.05) is 0 Å². The van der Waals surface area contributed by atoms with Crippen molar-refractivity contribution in [3.8, 4) is 12.1 Å². The summed E-state index contributed by atoms with van der Waals surface area (Å²) < 4.78 is 0. The summed E-state index contributed by atoms with van der Waals surface area (Å²) in [5.41, 5.74) is -3.90. The van der Waals surface area contributed by atoms with E-state index in [2.05, 4.69) is 0 Å². The maximum absolute atomic E-state index is 12.6. The molecule has 2 rings (SSSR count). The summed E-state index contributed by atoms with van der Waals surface area (Å²) in [6, 6.07) is 15.6. The fourth-order valence-electron chi connectivity index (χ4n) is 3.79. The van der Waals surface area contributed by atoms with Gasteiger partial charge in [0.25, 0.3) is 0 Å². The molecule has 0 aliphatic heterocycles. The van der Waals surface area contributed by atoms with Crippen LogP contribution in [0.1, 0.15) is 36.1 Å². The molecule has 2 aromatic carbocycles. The highest BCUT2D eigenvalue weighted by Crippen LogP contribution is 2.46. The highest BCUT2D eigenvalue weighted by molar-refractivity contribution is 6.01. The van der Waals surface area contributed by atoms with Gasteiger partial charge in [0.05, 0.1) is 12.1 Å². The van der Waals surface area contributed by atoms with Gasteiger partial charge < -0.3 is 10.2 Å². The van der Waals surface area contributed by atoms with E-state index in [1.165, 1.54) is 30.3 Å². The molecule has 0 radical (unpaired) electrons. The molecule has 0 bridgehead atoms. The van der Waals surface area contributed by atoms with E-state index in [0.29, 0.717) is 18.4 Å². The van der Waals surface area contributed by atoms with Crippen LogP contribution in [-0.4, -0.2) is 22.2 Å². The molecule has 0 spiro atoms. The molecule has 2 unspecified atom stereocenters. The van der Waals surface area contributed by atoms with E-state index < -0.39 is 22.8 Å². The largest absolute Gasteiger partial charge is 0.480 e. The Hall–Kier alpha value is -3.64. The number of aliphatic carboxylic acids is 2. The smallest absolute Gasteiger partial charge is 0.331 e. The predicted octanol–water partition coefficient (Wildman–Crippen LogP) is 3.20. The molecule has 0 aromatic heterocycles. The van der Waals surface area contributed by atoms with E-state index in [0.717, 1.165) is 5.56 Å². The molecule has 0 amide bonds. The van der Waals surface area contributed by atoms with Crippen LogP contribution in [0.4, 0.5) is 0 Å². The van der Waals surface area contributed by atoms with Crippen molar-refractivity contribution < 1.29 is 19.8 Å². The van der Waals surface area contributed by atoms with Gasteiger partial charge in [0.2, 0.25) is 10.8 Å². The summed E-state index contributed by atoms with van der Waals surface area (Å²) >= 11 is 0. The third-order valence-corrected chi connectivity index (χ3v) is 5.16. The molecule has 6 nitrogen and oxygen atoms in total. The van der Waals surface area contributed by atoms with Crippen molar-refractivity contribution in [1.29, 1.82) is 10.5 Å². The first-order valence-electron chi connectivity index (χ1n) is 8.83. The van der Waals surface area contributed by atoms with Gasteiger partial charge >= 0.3 is 11.9 Å². The van der Waals surface area contributed by atoms with Gasteiger partial charge in [-0.25, -0.2) is 0 Å². The summed E-state index contributed by atoms with van der Waals surface area (Å²) in [6.45, 7) is 3.69. The number of hydrogen-bond acceptors (Lipinski definition) is 4. The van der Waals surface area contributed by atoms with Crippen molar-refractivity contribution in [1.82, 2.24) is 0 Å². The molecule has 0 saturated carbocycles. The monoisotopic (exact) mass is 376 g/mol. The first-order valence-corrected chi connectivity index (χ1v) is 8.83. The zero-order valence-electron chi connectivity index (χ0n) is 15.6. The number of aryl methyl sites for hydroxylation is 1. The number of hydrogen-bond donors (Lipinski definition) is 2. The number of nitriles is 2. The molecule has 0 heterocycles. The van der Waals surface area contributed by atoms with E-state index in [-0.39, 0.29) is 11.1 Å². The van der Waals surface area contributed by atoms with Gasteiger partial charge in [-0.3, -0.25) is 9.59 Å². The van der Waals surface area contributed by atoms with Crippen molar-refractivity contribution in [3.05, 3.63) is 70.8 Å². The molecule has 0 aliphatic rings. The van der Waals surface area contributed by atoms with Crippen LogP contribution in [0.15, 0.2) is 48.5 Å². The maximum atomic E-state index is 12.6. The van der Waals surface area contributed by atoms with Gasteiger partial charge in [-0.2, -0.15) is 10.5 Å². The molecule has 2 N–H and O–H groups in total. The Kier molecular flexibility index (Phi) is 5.86. The standard InChI is InChI=1S/C22H20N2O4/c1-3-15-9-8-12-18(17(15)4-2)22(14-24,20(27)28)21(13-23,19(25)26)16-10-6-5-7-11-16/h5-12H,3-4H2,1-2H3,(H,25,26)(H,27,28). The van der Waals surface area contributed by atoms with Crippen LogP contribution in [0, 0.1) is 22.7 Å². The molecular formula is C22H20N2O4. The van der Waals surface area contributed by atoms with Crippen molar-refractivity contribution in [3.63, 3.8) is 0 Å². The van der Waals surface area contributed by atoms with E-state index in [4.69, 9.17) is 0 Å². The van der Waals surface area contributed by atoms with Gasteiger partial charge in [0.1, 0.15) is 0 Å². The average Bonchev–Trinajstić information content (AvgIpc) is 2.71. The van der Waals surface area contributed by atoms with Crippen LogP contribution < -0.4 is 0 Å². The van der Waals surface area contributed by atoms with Crippen LogP contribution in [0.3, 0.4) is 0 Å². The normalized spacial score (nSPS) is 14.7. The second kappa shape index (κ2) is 7.94. The van der Waals surface area contributed by atoms with Crippen LogP contribution in [0.2, 0.25) is 0 Å². The Balaban J connectivity index is 3.10. The molecule has 0 saturated heterocycles. The number of benzene rings is 2. The fraction of sp³-hybridized carbons (Fsp3) is 0.273. The minimum absolute atomic E-state index is 0.0390. The summed E-state index contributed by atoms with van der Waals surface area (Å²) in [5, 5.41) is 40.4. The van der Waals surface area contributed by atoms with Gasteiger partial charge in [0.15, 0.2) is 0 Å². The lowest BCUT2D eigenvalue weighted by molar-refractivity contribution is -0.153. The number of rotatable bonds is 7. The van der Waals surface area contributed by atoms with E-state index in [9.17, 15) is 30.3 Å². The second-order valence-corrected chi connectivity index (χ2v) is 6.35. The number of carboxylic acids is 2. The Morgan fingerprint density at radius 3 is 1.86 bits per heavy atom. The third kappa shape index (κ3) is 2.71. The zero-order chi connectivity index (χ0) is 20.9. The minimum atomic E-state index is -2.63. The Morgan fingerprint density at radius 1 is 0.857 bits per heavy atom. The van der Waals surface area contributed by atoms with E-state index >= 15 is 0 Å². The second-order valence-electron chi connectivity index (χ2n) is 6.35. The molecule has 28 heavy (non-hydrogen) atoms. The van der Waals surface area contributed by atoms with Gasteiger partial charge in [0, 0.05) is 0 Å². The van der Waals surface area contributed by atoms with Crippen molar-refractivity contribution in [2.24, 2.45) is 0 Å². The highest BCUT2D eigenvalue weighted by atomic mass is 16.4. The summed E-state index contributed by atoms with van der Waals surface area (Å²) in [4.78, 5) is 25.0. The topological polar surface area (TPSA) is 122 Å². The highest BCUT2D eigenvalue weighted by Gasteiger charge is 2.66. The van der Waals surface area contributed by atoms with Crippen LogP contribution in [-0.2, 0) is 33.3 Å². The predicted molar refractivity (Wildman–Crippen MR) is 101 cm³/mol. The van der Waals surface area contributed by atoms with Crippen LogP contribution in [0.5, 0.6) is 0 Å². The lowest BCUT2D eigenvalue weighted by atomic mass is 9.57. The molecule has 2 atom stereocenters. The summed E-state index contributed by atoms with van der Waals surface area (Å²) in [7, 11) is 0. The Morgan fingerprint density at radius 2 is 1.43 bits per heavy atom. The summed E-state index contributed by atoms with van der Waals surface area (Å²) in [5.74, 6) is -3.36. The lowest BCUT2D eigenvalue weighted by Gasteiger charge is -2.37. The Labute approximate surface area is 163 Å². The SMILES string of the molecule is CCc1cccc(C(C#N)(C(=O)O)C(C#N)(C(=O)O)c2ccccc2)c1CC. The number of carbonyl (C=O) groups is 2. The average molecular weight is 376 g/mol. The van der Waals surface area contributed by atoms with Crippen LogP contribution in [0.25, 0.3) is 0 Å². The van der Waals surface area contributed by atoms with Crippen molar-refractivity contribution >= 4 is 11.9 Å². The van der Waals surface area contributed by atoms with Gasteiger partial charge in [-0.1, -0.05) is 62.4 Å². The van der Waals surface area contributed by atoms with Gasteiger partial charge in [-0.15, -0.1) is 0 Å². The first-order chi connectivity index (χ1) is 13.4. The quantitative estimate of drug-likeness (QED) is 0.765. The summed E-state index contributed by atoms with van der Waals surface area (Å²) in [6.07, 6.45) is 0.974. The third-order valence-electron chi connectivity index (χ3n) is 5.16. The molecule has 142 valence electrons. The van der Waals surface area contributed by atoms with E-state index in [1.54, 1.807) is 31.2 Å². The molecule has 0 fully saturated rings.